The van der Waals surface area contributed by atoms with E-state index in [1.54, 1.807) is 21.3 Å². The van der Waals surface area contributed by atoms with Crippen LogP contribution in [0.5, 0.6) is 0 Å². The molecule has 2 fully saturated rings. The first-order valence-electron chi connectivity index (χ1n) is 7.22. The van der Waals surface area contributed by atoms with Crippen LogP contribution in [0, 0.1) is 23.7 Å². The van der Waals surface area contributed by atoms with Crippen LogP contribution in [0.1, 0.15) is 6.92 Å². The molecule has 3 rings (SSSR count). The van der Waals surface area contributed by atoms with E-state index in [9.17, 15) is 0 Å². The van der Waals surface area contributed by atoms with Crippen molar-refractivity contribution < 1.29 is 23.7 Å². The van der Waals surface area contributed by atoms with Gasteiger partial charge in [-0.25, -0.2) is 0 Å². The maximum Gasteiger partial charge on any atom is 0.180 e. The molecular formula is C15H24O5. The summed E-state index contributed by atoms with van der Waals surface area (Å²) in [6, 6.07) is 0. The number of hydrogen-bond acceptors (Lipinski definition) is 5. The fourth-order valence-corrected chi connectivity index (χ4v) is 4.22. The molecule has 0 amide bonds. The van der Waals surface area contributed by atoms with Gasteiger partial charge in [-0.1, -0.05) is 19.1 Å². The SMILES string of the molecule is COCC1COC(C2C(C)[C@H]3C=C[C@@H]2C3(OC)OC)O1. The van der Waals surface area contributed by atoms with Crippen molar-refractivity contribution in [2.24, 2.45) is 23.7 Å². The normalized spacial score (nSPS) is 45.4. The van der Waals surface area contributed by atoms with Crippen molar-refractivity contribution in [3.63, 3.8) is 0 Å². The molecule has 0 aromatic heterocycles. The van der Waals surface area contributed by atoms with E-state index in [0.29, 0.717) is 19.1 Å². The lowest BCUT2D eigenvalue weighted by Gasteiger charge is -2.33. The summed E-state index contributed by atoms with van der Waals surface area (Å²) >= 11 is 0. The number of hydrogen-bond donors (Lipinski definition) is 0. The van der Waals surface area contributed by atoms with Crippen LogP contribution in [0.15, 0.2) is 12.2 Å². The number of methoxy groups -OCH3 is 3. The lowest BCUT2D eigenvalue weighted by molar-refractivity contribution is -0.239. The summed E-state index contributed by atoms with van der Waals surface area (Å²) in [5, 5.41) is 0. The molecule has 0 aromatic rings. The van der Waals surface area contributed by atoms with Crippen molar-refractivity contribution >= 4 is 0 Å². The van der Waals surface area contributed by atoms with Crippen LogP contribution in [0.2, 0.25) is 0 Å². The summed E-state index contributed by atoms with van der Waals surface area (Å²) in [5.41, 5.74) is 0. The minimum absolute atomic E-state index is 0.0276. The Morgan fingerprint density at radius 3 is 2.45 bits per heavy atom. The zero-order valence-corrected chi connectivity index (χ0v) is 12.6. The van der Waals surface area contributed by atoms with Gasteiger partial charge >= 0.3 is 0 Å². The smallest absolute Gasteiger partial charge is 0.180 e. The summed E-state index contributed by atoms with van der Waals surface area (Å²) in [4.78, 5) is 0. The third-order valence-corrected chi connectivity index (χ3v) is 5.12. The van der Waals surface area contributed by atoms with E-state index in [1.807, 2.05) is 0 Å². The van der Waals surface area contributed by atoms with Crippen molar-refractivity contribution in [1.29, 1.82) is 0 Å². The quantitative estimate of drug-likeness (QED) is 0.564. The van der Waals surface area contributed by atoms with Crippen LogP contribution in [-0.4, -0.2) is 52.7 Å². The maximum absolute atomic E-state index is 6.00. The zero-order chi connectivity index (χ0) is 14.3. The molecule has 3 aliphatic rings. The van der Waals surface area contributed by atoms with E-state index in [4.69, 9.17) is 23.7 Å². The van der Waals surface area contributed by atoms with Crippen molar-refractivity contribution in [3.05, 3.63) is 12.2 Å². The van der Waals surface area contributed by atoms with Gasteiger partial charge in [-0.05, 0) is 5.92 Å². The van der Waals surface area contributed by atoms with Gasteiger partial charge < -0.3 is 23.7 Å². The second-order valence-electron chi connectivity index (χ2n) is 5.92. The predicted octanol–water partition coefficient (Wildman–Crippen LogP) is 1.43. The van der Waals surface area contributed by atoms with Crippen molar-refractivity contribution in [2.75, 3.05) is 34.5 Å². The first-order chi connectivity index (χ1) is 9.67. The minimum atomic E-state index is -0.559. The molecule has 6 atom stereocenters. The van der Waals surface area contributed by atoms with Crippen LogP contribution in [0.3, 0.4) is 0 Å². The van der Waals surface area contributed by atoms with Gasteiger partial charge in [0.2, 0.25) is 0 Å². The van der Waals surface area contributed by atoms with E-state index in [-0.39, 0.29) is 30.1 Å². The average molecular weight is 284 g/mol. The third-order valence-electron chi connectivity index (χ3n) is 5.12. The number of fused-ring (bicyclic) bond motifs is 2. The van der Waals surface area contributed by atoms with Crippen molar-refractivity contribution in [1.82, 2.24) is 0 Å². The third kappa shape index (κ3) is 1.88. The maximum atomic E-state index is 6.00. The monoisotopic (exact) mass is 284 g/mol. The van der Waals surface area contributed by atoms with Crippen LogP contribution < -0.4 is 0 Å². The molecule has 2 bridgehead atoms. The highest BCUT2D eigenvalue weighted by Crippen LogP contribution is 2.58. The Kier molecular flexibility index (Phi) is 3.90. The van der Waals surface area contributed by atoms with E-state index in [1.165, 1.54) is 0 Å². The molecule has 2 aliphatic carbocycles. The van der Waals surface area contributed by atoms with Gasteiger partial charge in [-0.2, -0.15) is 0 Å². The van der Waals surface area contributed by atoms with E-state index in [0.717, 1.165) is 0 Å². The summed E-state index contributed by atoms with van der Waals surface area (Å²) in [6.45, 7) is 3.39. The molecule has 0 aromatic carbocycles. The summed E-state index contributed by atoms with van der Waals surface area (Å²) < 4.78 is 28.5. The summed E-state index contributed by atoms with van der Waals surface area (Å²) in [6.07, 6.45) is 4.23. The molecule has 1 saturated heterocycles. The van der Waals surface area contributed by atoms with Gasteiger partial charge in [0.1, 0.15) is 6.10 Å². The van der Waals surface area contributed by atoms with Gasteiger partial charge in [-0.3, -0.25) is 0 Å². The highest BCUT2D eigenvalue weighted by molar-refractivity contribution is 5.22. The van der Waals surface area contributed by atoms with Crippen molar-refractivity contribution in [2.45, 2.75) is 25.1 Å². The second-order valence-corrected chi connectivity index (χ2v) is 5.92. The van der Waals surface area contributed by atoms with Crippen LogP contribution in [0.25, 0.3) is 0 Å². The largest absolute Gasteiger partial charge is 0.382 e. The predicted molar refractivity (Wildman–Crippen MR) is 72.0 cm³/mol. The van der Waals surface area contributed by atoms with Gasteiger partial charge in [-0.15, -0.1) is 0 Å². The molecule has 0 radical (unpaired) electrons. The molecule has 5 nitrogen and oxygen atoms in total. The zero-order valence-electron chi connectivity index (χ0n) is 12.6. The summed E-state index contributed by atoms with van der Waals surface area (Å²) in [7, 11) is 5.12. The highest BCUT2D eigenvalue weighted by atomic mass is 16.7. The van der Waals surface area contributed by atoms with E-state index >= 15 is 0 Å². The first kappa shape index (κ1) is 14.5. The lowest BCUT2D eigenvalue weighted by Crippen LogP contribution is -2.41. The molecule has 1 aliphatic heterocycles. The second kappa shape index (κ2) is 5.39. The van der Waals surface area contributed by atoms with Gasteiger partial charge in [0, 0.05) is 39.1 Å². The average Bonchev–Trinajstić information content (AvgIpc) is 3.10. The first-order valence-corrected chi connectivity index (χ1v) is 7.22. The lowest BCUT2D eigenvalue weighted by atomic mass is 9.84. The van der Waals surface area contributed by atoms with Gasteiger partial charge in [0.15, 0.2) is 12.1 Å². The fraction of sp³-hybridized carbons (Fsp3) is 0.867. The molecule has 1 heterocycles. The number of rotatable bonds is 5. The Balaban J connectivity index is 1.77. The van der Waals surface area contributed by atoms with Gasteiger partial charge in [0.05, 0.1) is 13.2 Å². The highest BCUT2D eigenvalue weighted by Gasteiger charge is 2.64. The minimum Gasteiger partial charge on any atom is -0.382 e. The molecular weight excluding hydrogens is 260 g/mol. The molecule has 5 heteroatoms. The molecule has 114 valence electrons. The van der Waals surface area contributed by atoms with E-state index in [2.05, 4.69) is 19.1 Å². The van der Waals surface area contributed by atoms with Crippen LogP contribution in [-0.2, 0) is 23.7 Å². The Morgan fingerprint density at radius 1 is 1.15 bits per heavy atom. The Labute approximate surface area is 120 Å². The molecule has 0 N–H and O–H groups in total. The summed E-state index contributed by atoms with van der Waals surface area (Å²) in [5.74, 6) is 0.517. The number of ether oxygens (including phenoxy) is 5. The molecule has 0 spiro atoms. The fourth-order valence-electron chi connectivity index (χ4n) is 4.22. The van der Waals surface area contributed by atoms with Crippen LogP contribution in [0.4, 0.5) is 0 Å². The topological polar surface area (TPSA) is 46.2 Å². The van der Waals surface area contributed by atoms with Crippen molar-refractivity contribution in [3.8, 4) is 0 Å². The Hall–Kier alpha value is -0.460. The van der Waals surface area contributed by atoms with Crippen LogP contribution >= 0.6 is 0 Å². The standard InChI is InChI=1S/C15H24O5/c1-9-11-5-6-12(15(11,17-3)18-4)13(9)14-19-8-10(20-14)7-16-2/h5-6,9-14H,7-8H2,1-4H3/t9?,10?,11-,12+,13?,14?/m1/s1. The molecule has 1 saturated carbocycles. The van der Waals surface area contributed by atoms with Gasteiger partial charge in [0.25, 0.3) is 0 Å². The van der Waals surface area contributed by atoms with E-state index < -0.39 is 5.79 Å². The Morgan fingerprint density at radius 2 is 1.85 bits per heavy atom. The molecule has 4 unspecified atom stereocenters. The molecule has 20 heavy (non-hydrogen) atoms. The Bertz CT molecular complexity index is 378.